The minimum absolute atomic E-state index is 0.0807. The SMILES string of the molecule is NC(CC(=O)N1CC(=O)NC(=O)C1)Cc1ccccc1.O=C(O)C(F)(F)F. The Bertz CT molecular complexity index is 678. The summed E-state index contributed by atoms with van der Waals surface area (Å²) in [6.07, 6.45) is -4.38. The number of carbonyl (C=O) groups is 4. The van der Waals surface area contributed by atoms with Gasteiger partial charge in [-0.05, 0) is 12.0 Å². The molecule has 1 unspecified atom stereocenters. The van der Waals surface area contributed by atoms with Crippen LogP contribution in [0.5, 0.6) is 0 Å². The van der Waals surface area contributed by atoms with E-state index < -0.39 is 24.0 Å². The number of aliphatic carboxylic acids is 1. The van der Waals surface area contributed by atoms with Gasteiger partial charge in [0, 0.05) is 12.5 Å². The summed E-state index contributed by atoms with van der Waals surface area (Å²) in [6, 6.07) is 9.31. The molecule has 11 heteroatoms. The summed E-state index contributed by atoms with van der Waals surface area (Å²) in [5, 5.41) is 9.28. The number of amides is 3. The number of nitrogens with two attached hydrogens (primary N) is 1. The number of carboxylic acid groups (broad SMARTS) is 1. The zero-order valence-corrected chi connectivity index (χ0v) is 14.0. The van der Waals surface area contributed by atoms with E-state index in [1.807, 2.05) is 30.3 Å². The summed E-state index contributed by atoms with van der Waals surface area (Å²) >= 11 is 0. The number of benzene rings is 1. The summed E-state index contributed by atoms with van der Waals surface area (Å²) in [7, 11) is 0. The van der Waals surface area contributed by atoms with Crippen LogP contribution in [0.2, 0.25) is 0 Å². The Balaban J connectivity index is 0.000000445. The van der Waals surface area contributed by atoms with Crippen LogP contribution in [0.1, 0.15) is 12.0 Å². The van der Waals surface area contributed by atoms with Crippen molar-refractivity contribution in [1.29, 1.82) is 0 Å². The van der Waals surface area contributed by atoms with Gasteiger partial charge in [0.05, 0.1) is 0 Å². The zero-order chi connectivity index (χ0) is 20.6. The highest BCUT2D eigenvalue weighted by Crippen LogP contribution is 2.13. The maximum absolute atomic E-state index is 12.0. The molecular weight excluding hydrogens is 371 g/mol. The highest BCUT2D eigenvalue weighted by atomic mass is 19.4. The number of nitrogens with one attached hydrogen (secondary N) is 1. The molecule has 0 bridgehead atoms. The lowest BCUT2D eigenvalue weighted by Gasteiger charge is -2.26. The summed E-state index contributed by atoms with van der Waals surface area (Å²) in [6.45, 7) is -0.161. The van der Waals surface area contributed by atoms with Crippen LogP contribution in [-0.2, 0) is 25.6 Å². The monoisotopic (exact) mass is 389 g/mol. The van der Waals surface area contributed by atoms with Crippen LogP contribution in [0.15, 0.2) is 30.3 Å². The number of rotatable bonds is 4. The van der Waals surface area contributed by atoms with Gasteiger partial charge in [-0.3, -0.25) is 19.7 Å². The van der Waals surface area contributed by atoms with Crippen molar-refractivity contribution < 1.29 is 37.5 Å². The quantitative estimate of drug-likeness (QED) is 0.625. The minimum Gasteiger partial charge on any atom is -0.475 e. The predicted octanol–water partition coefficient (Wildman–Crippen LogP) is 0.0648. The third kappa shape index (κ3) is 8.31. The molecule has 1 heterocycles. The lowest BCUT2D eigenvalue weighted by molar-refractivity contribution is -0.192. The summed E-state index contributed by atoms with van der Waals surface area (Å²) < 4.78 is 31.7. The Morgan fingerprint density at radius 3 is 2.07 bits per heavy atom. The lowest BCUT2D eigenvalue weighted by atomic mass is 10.0. The van der Waals surface area contributed by atoms with Gasteiger partial charge < -0.3 is 15.7 Å². The second-order valence-corrected chi connectivity index (χ2v) is 5.68. The lowest BCUT2D eigenvalue weighted by Crippen LogP contribution is -2.54. The summed E-state index contributed by atoms with van der Waals surface area (Å²) in [5.74, 6) is -3.93. The highest BCUT2D eigenvalue weighted by Gasteiger charge is 2.38. The average molecular weight is 389 g/mol. The first-order valence-electron chi connectivity index (χ1n) is 7.69. The molecule has 3 amide bonds. The van der Waals surface area contributed by atoms with E-state index >= 15 is 0 Å². The van der Waals surface area contributed by atoms with E-state index in [1.165, 1.54) is 4.90 Å². The topological polar surface area (TPSA) is 130 Å². The number of alkyl halides is 3. The molecule has 0 spiro atoms. The molecule has 1 aliphatic heterocycles. The van der Waals surface area contributed by atoms with Crippen LogP contribution in [0.3, 0.4) is 0 Å². The molecule has 1 saturated heterocycles. The van der Waals surface area contributed by atoms with E-state index in [0.29, 0.717) is 6.42 Å². The largest absolute Gasteiger partial charge is 0.490 e. The molecule has 27 heavy (non-hydrogen) atoms. The second-order valence-electron chi connectivity index (χ2n) is 5.68. The van der Waals surface area contributed by atoms with E-state index in [9.17, 15) is 27.6 Å². The molecule has 0 radical (unpaired) electrons. The first-order chi connectivity index (χ1) is 12.5. The first-order valence-corrected chi connectivity index (χ1v) is 7.69. The van der Waals surface area contributed by atoms with Crippen LogP contribution in [0, 0.1) is 0 Å². The Hall–Kier alpha value is -2.95. The maximum atomic E-state index is 12.0. The molecule has 2 rings (SSSR count). The van der Waals surface area contributed by atoms with Crippen molar-refractivity contribution >= 4 is 23.7 Å². The van der Waals surface area contributed by atoms with Crippen molar-refractivity contribution in [2.45, 2.75) is 25.1 Å². The van der Waals surface area contributed by atoms with Crippen molar-refractivity contribution in [2.75, 3.05) is 13.1 Å². The molecule has 0 aromatic heterocycles. The second kappa shape index (κ2) is 9.67. The zero-order valence-electron chi connectivity index (χ0n) is 14.0. The number of halogens is 3. The molecule has 1 fully saturated rings. The van der Waals surface area contributed by atoms with E-state index in [0.717, 1.165) is 5.56 Å². The van der Waals surface area contributed by atoms with Crippen molar-refractivity contribution in [1.82, 2.24) is 10.2 Å². The molecule has 1 aromatic carbocycles. The maximum Gasteiger partial charge on any atom is 0.490 e. The molecule has 0 aliphatic carbocycles. The Morgan fingerprint density at radius 1 is 1.15 bits per heavy atom. The number of piperazine rings is 1. The number of carboxylic acids is 1. The van der Waals surface area contributed by atoms with Gasteiger partial charge in [-0.2, -0.15) is 13.2 Å². The normalized spacial score (nSPS) is 15.3. The highest BCUT2D eigenvalue weighted by molar-refractivity contribution is 6.02. The van der Waals surface area contributed by atoms with E-state index in [1.54, 1.807) is 0 Å². The third-order valence-corrected chi connectivity index (χ3v) is 3.32. The van der Waals surface area contributed by atoms with Crippen LogP contribution >= 0.6 is 0 Å². The van der Waals surface area contributed by atoms with Crippen LogP contribution in [0.4, 0.5) is 13.2 Å². The van der Waals surface area contributed by atoms with Gasteiger partial charge in [0.15, 0.2) is 0 Å². The molecule has 1 atom stereocenters. The van der Waals surface area contributed by atoms with Gasteiger partial charge in [0.25, 0.3) is 0 Å². The van der Waals surface area contributed by atoms with Gasteiger partial charge in [0.2, 0.25) is 17.7 Å². The van der Waals surface area contributed by atoms with E-state index in [4.69, 9.17) is 15.6 Å². The number of hydrogen-bond donors (Lipinski definition) is 3. The van der Waals surface area contributed by atoms with Gasteiger partial charge >= 0.3 is 12.1 Å². The third-order valence-electron chi connectivity index (χ3n) is 3.32. The molecule has 8 nitrogen and oxygen atoms in total. The molecule has 4 N–H and O–H groups in total. The summed E-state index contributed by atoms with van der Waals surface area (Å²) in [4.78, 5) is 44.6. The van der Waals surface area contributed by atoms with E-state index in [2.05, 4.69) is 5.32 Å². The standard InChI is InChI=1S/C14H17N3O3.C2HF3O2/c15-11(6-10-4-2-1-3-5-10)7-14(20)17-8-12(18)16-13(19)9-17;3-2(4,5)1(6)7/h1-5,11H,6-9,15H2,(H,16,18,19);(H,6,7). The van der Waals surface area contributed by atoms with Crippen molar-refractivity contribution in [3.8, 4) is 0 Å². The first kappa shape index (κ1) is 22.1. The number of nitrogens with zero attached hydrogens (tertiary/aromatic N) is 1. The fourth-order valence-electron chi connectivity index (χ4n) is 2.16. The molecule has 148 valence electrons. The number of hydrogen-bond acceptors (Lipinski definition) is 5. The number of imide groups is 1. The van der Waals surface area contributed by atoms with Gasteiger partial charge in [0.1, 0.15) is 13.1 Å². The Labute approximate surface area is 152 Å². The molecular formula is C16H18F3N3O5. The van der Waals surface area contributed by atoms with Crippen LogP contribution in [-0.4, -0.2) is 59.0 Å². The summed E-state index contributed by atoms with van der Waals surface area (Å²) in [5.41, 5.74) is 7.01. The van der Waals surface area contributed by atoms with Crippen molar-refractivity contribution in [3.63, 3.8) is 0 Å². The van der Waals surface area contributed by atoms with E-state index in [-0.39, 0.29) is 31.5 Å². The average Bonchev–Trinajstić information content (AvgIpc) is 2.54. The van der Waals surface area contributed by atoms with Gasteiger partial charge in [-0.1, -0.05) is 30.3 Å². The van der Waals surface area contributed by atoms with Crippen LogP contribution < -0.4 is 11.1 Å². The molecule has 1 aromatic rings. The Kier molecular flexibility index (Phi) is 7.91. The minimum atomic E-state index is -5.08. The van der Waals surface area contributed by atoms with Crippen molar-refractivity contribution in [3.05, 3.63) is 35.9 Å². The molecule has 1 aliphatic rings. The fraction of sp³-hybridized carbons (Fsp3) is 0.375. The van der Waals surface area contributed by atoms with Crippen LogP contribution in [0.25, 0.3) is 0 Å². The van der Waals surface area contributed by atoms with Crippen molar-refractivity contribution in [2.24, 2.45) is 5.73 Å². The predicted molar refractivity (Wildman–Crippen MR) is 86.2 cm³/mol. The fourth-order valence-corrected chi connectivity index (χ4v) is 2.16. The number of carbonyl (C=O) groups excluding carboxylic acids is 3. The van der Waals surface area contributed by atoms with Gasteiger partial charge in [-0.25, -0.2) is 4.79 Å². The van der Waals surface area contributed by atoms with Gasteiger partial charge in [-0.15, -0.1) is 0 Å². The Morgan fingerprint density at radius 2 is 1.63 bits per heavy atom. The smallest absolute Gasteiger partial charge is 0.475 e. The molecule has 0 saturated carbocycles.